The lowest BCUT2D eigenvalue weighted by Gasteiger charge is -2.26. The van der Waals surface area contributed by atoms with Gasteiger partial charge in [-0.2, -0.15) is 5.26 Å². The van der Waals surface area contributed by atoms with Crippen LogP contribution < -0.4 is 4.90 Å². The molecule has 1 saturated carbocycles. The van der Waals surface area contributed by atoms with E-state index in [-0.39, 0.29) is 12.0 Å². The molecule has 0 aromatic carbocycles. The molecule has 2 heterocycles. The number of anilines is 1. The Labute approximate surface area is 107 Å². The van der Waals surface area contributed by atoms with Gasteiger partial charge in [-0.25, -0.2) is 0 Å². The summed E-state index contributed by atoms with van der Waals surface area (Å²) >= 11 is 0. The fraction of sp³-hybridized carbons (Fsp3) is 0.571. The Morgan fingerprint density at radius 2 is 2.50 bits per heavy atom. The molecule has 0 radical (unpaired) electrons. The molecule has 1 N–H and O–H groups in total. The molecule has 4 heteroatoms. The lowest BCUT2D eigenvalue weighted by molar-refractivity contribution is 0.121. The highest BCUT2D eigenvalue weighted by atomic mass is 16.3. The zero-order valence-corrected chi connectivity index (χ0v) is 10.3. The molecule has 2 fully saturated rings. The maximum absolute atomic E-state index is 9.71. The van der Waals surface area contributed by atoms with Gasteiger partial charge in [0.2, 0.25) is 0 Å². The zero-order chi connectivity index (χ0) is 12.6. The minimum Gasteiger partial charge on any atom is -0.396 e. The maximum atomic E-state index is 9.71. The van der Waals surface area contributed by atoms with Crippen molar-refractivity contribution < 1.29 is 5.11 Å². The Morgan fingerprint density at radius 3 is 3.22 bits per heavy atom. The van der Waals surface area contributed by atoms with Gasteiger partial charge in [0.1, 0.15) is 6.07 Å². The molecular weight excluding hydrogens is 226 g/mol. The van der Waals surface area contributed by atoms with Crippen molar-refractivity contribution in [3.05, 3.63) is 24.0 Å². The first kappa shape index (κ1) is 11.5. The molecule has 1 saturated heterocycles. The highest BCUT2D eigenvalue weighted by Crippen LogP contribution is 2.49. The Hall–Kier alpha value is -1.60. The summed E-state index contributed by atoms with van der Waals surface area (Å²) in [6.45, 7) is 2.06. The van der Waals surface area contributed by atoms with Gasteiger partial charge in [0.25, 0.3) is 0 Å². The lowest BCUT2D eigenvalue weighted by Crippen LogP contribution is -2.31. The van der Waals surface area contributed by atoms with Gasteiger partial charge in [-0.1, -0.05) is 6.42 Å². The summed E-state index contributed by atoms with van der Waals surface area (Å²) in [5, 5.41) is 18.9. The van der Waals surface area contributed by atoms with Crippen molar-refractivity contribution in [3.63, 3.8) is 0 Å². The number of pyridine rings is 1. The molecule has 0 spiro atoms. The van der Waals surface area contributed by atoms with E-state index in [1.807, 2.05) is 0 Å². The molecule has 2 aliphatic rings. The summed E-state index contributed by atoms with van der Waals surface area (Å²) in [4.78, 5) is 6.35. The van der Waals surface area contributed by atoms with Gasteiger partial charge in [0.15, 0.2) is 0 Å². The molecule has 4 nitrogen and oxygen atoms in total. The molecule has 3 rings (SSSR count). The van der Waals surface area contributed by atoms with Gasteiger partial charge >= 0.3 is 0 Å². The monoisotopic (exact) mass is 243 g/mol. The third-order valence-corrected chi connectivity index (χ3v) is 4.62. The van der Waals surface area contributed by atoms with E-state index >= 15 is 0 Å². The molecule has 18 heavy (non-hydrogen) atoms. The zero-order valence-electron chi connectivity index (χ0n) is 10.3. The second-order valence-electron chi connectivity index (χ2n) is 5.49. The van der Waals surface area contributed by atoms with Crippen LogP contribution in [0.3, 0.4) is 0 Å². The molecule has 0 bridgehead atoms. The summed E-state index contributed by atoms with van der Waals surface area (Å²) < 4.78 is 0. The Bertz CT molecular complexity index is 496. The van der Waals surface area contributed by atoms with Gasteiger partial charge in [0.05, 0.1) is 24.1 Å². The molecular formula is C14H17N3O. The summed E-state index contributed by atoms with van der Waals surface area (Å²) in [6, 6.07) is 3.98. The maximum Gasteiger partial charge on any atom is 0.101 e. The average Bonchev–Trinajstić information content (AvgIpc) is 2.95. The molecule has 1 aromatic rings. The predicted octanol–water partition coefficient (Wildman–Crippen LogP) is 1.55. The van der Waals surface area contributed by atoms with Crippen LogP contribution in [-0.2, 0) is 0 Å². The Balaban J connectivity index is 1.90. The SMILES string of the molecule is N#Cc1ccncc1N1CC2CCCC2(CO)C1. The Kier molecular flexibility index (Phi) is 2.71. The molecule has 94 valence electrons. The van der Waals surface area contributed by atoms with Crippen molar-refractivity contribution in [1.82, 2.24) is 4.98 Å². The van der Waals surface area contributed by atoms with E-state index in [0.717, 1.165) is 25.2 Å². The van der Waals surface area contributed by atoms with Crippen molar-refractivity contribution >= 4 is 5.69 Å². The van der Waals surface area contributed by atoms with E-state index in [4.69, 9.17) is 5.26 Å². The first-order chi connectivity index (χ1) is 8.79. The van der Waals surface area contributed by atoms with Crippen LogP contribution in [0, 0.1) is 22.7 Å². The average molecular weight is 243 g/mol. The van der Waals surface area contributed by atoms with Crippen LogP contribution in [0.4, 0.5) is 5.69 Å². The van der Waals surface area contributed by atoms with Gasteiger partial charge in [-0.05, 0) is 24.8 Å². The Morgan fingerprint density at radius 1 is 1.61 bits per heavy atom. The minimum absolute atomic E-state index is 0.0581. The first-order valence-electron chi connectivity index (χ1n) is 6.49. The number of nitrogens with zero attached hydrogens (tertiary/aromatic N) is 3. The van der Waals surface area contributed by atoms with E-state index in [9.17, 15) is 5.11 Å². The molecule has 1 aliphatic heterocycles. The predicted molar refractivity (Wildman–Crippen MR) is 68.0 cm³/mol. The second kappa shape index (κ2) is 4.25. The van der Waals surface area contributed by atoms with Crippen LogP contribution in [0.2, 0.25) is 0 Å². The number of aliphatic hydroxyl groups excluding tert-OH is 1. The van der Waals surface area contributed by atoms with E-state index < -0.39 is 0 Å². The van der Waals surface area contributed by atoms with E-state index in [1.165, 1.54) is 12.8 Å². The van der Waals surface area contributed by atoms with Crippen molar-refractivity contribution in [3.8, 4) is 6.07 Å². The van der Waals surface area contributed by atoms with Crippen LogP contribution in [0.5, 0.6) is 0 Å². The van der Waals surface area contributed by atoms with Crippen LogP contribution in [0.15, 0.2) is 18.5 Å². The van der Waals surface area contributed by atoms with Crippen molar-refractivity contribution in [1.29, 1.82) is 5.26 Å². The lowest BCUT2D eigenvalue weighted by atomic mass is 9.82. The van der Waals surface area contributed by atoms with Gasteiger partial charge in [0, 0.05) is 24.7 Å². The normalized spacial score (nSPS) is 30.2. The summed E-state index contributed by atoms with van der Waals surface area (Å²) in [5.41, 5.74) is 1.66. The topological polar surface area (TPSA) is 60.2 Å². The third-order valence-electron chi connectivity index (χ3n) is 4.62. The minimum atomic E-state index is 0.0581. The van der Waals surface area contributed by atoms with E-state index in [0.29, 0.717) is 11.5 Å². The van der Waals surface area contributed by atoms with Gasteiger partial charge in [-0.15, -0.1) is 0 Å². The fourth-order valence-electron chi connectivity index (χ4n) is 3.59. The number of hydrogen-bond donors (Lipinski definition) is 1. The summed E-state index contributed by atoms with van der Waals surface area (Å²) in [6.07, 6.45) is 6.94. The highest BCUT2D eigenvalue weighted by molar-refractivity contribution is 5.58. The molecule has 0 amide bonds. The first-order valence-corrected chi connectivity index (χ1v) is 6.49. The van der Waals surface area contributed by atoms with Crippen LogP contribution in [-0.4, -0.2) is 29.8 Å². The fourth-order valence-corrected chi connectivity index (χ4v) is 3.59. The number of fused-ring (bicyclic) bond motifs is 1. The van der Waals surface area contributed by atoms with E-state index in [1.54, 1.807) is 18.5 Å². The van der Waals surface area contributed by atoms with E-state index in [2.05, 4.69) is 16.0 Å². The second-order valence-corrected chi connectivity index (χ2v) is 5.49. The summed E-state index contributed by atoms with van der Waals surface area (Å²) in [7, 11) is 0. The quantitative estimate of drug-likeness (QED) is 0.856. The number of nitriles is 1. The van der Waals surface area contributed by atoms with Crippen molar-refractivity contribution in [2.24, 2.45) is 11.3 Å². The number of rotatable bonds is 2. The number of hydrogen-bond acceptors (Lipinski definition) is 4. The van der Waals surface area contributed by atoms with Crippen molar-refractivity contribution in [2.75, 3.05) is 24.6 Å². The van der Waals surface area contributed by atoms with Crippen LogP contribution >= 0.6 is 0 Å². The molecule has 1 aromatic heterocycles. The highest BCUT2D eigenvalue weighted by Gasteiger charge is 2.49. The van der Waals surface area contributed by atoms with Gasteiger partial charge in [-0.3, -0.25) is 4.98 Å². The third kappa shape index (κ3) is 1.58. The molecule has 1 aliphatic carbocycles. The van der Waals surface area contributed by atoms with Crippen molar-refractivity contribution in [2.45, 2.75) is 19.3 Å². The largest absolute Gasteiger partial charge is 0.396 e. The molecule has 2 unspecified atom stereocenters. The van der Waals surface area contributed by atoms with Crippen LogP contribution in [0.25, 0.3) is 0 Å². The number of aliphatic hydroxyl groups is 1. The van der Waals surface area contributed by atoms with Gasteiger partial charge < -0.3 is 10.0 Å². The summed E-state index contributed by atoms with van der Waals surface area (Å²) in [5.74, 6) is 0.564. The molecule has 2 atom stereocenters. The van der Waals surface area contributed by atoms with Crippen LogP contribution in [0.1, 0.15) is 24.8 Å². The number of aromatic nitrogens is 1. The smallest absolute Gasteiger partial charge is 0.101 e. The standard InChI is InChI=1S/C14H17N3O/c15-6-11-3-5-16-7-13(11)17-8-12-2-1-4-14(12,9-17)10-18/h3,5,7,12,18H,1-2,4,8-10H2.